The Morgan fingerprint density at radius 2 is 1.67 bits per heavy atom. The molecule has 0 aliphatic rings. The summed E-state index contributed by atoms with van der Waals surface area (Å²) in [4.78, 5) is 22.6. The molecule has 0 fully saturated rings. The van der Waals surface area contributed by atoms with Crippen molar-refractivity contribution in [2.45, 2.75) is 39.5 Å². The lowest BCUT2D eigenvalue weighted by atomic mass is 10.2. The Hall–Kier alpha value is -0.940. The molecule has 0 saturated heterocycles. The van der Waals surface area contributed by atoms with Crippen molar-refractivity contribution in [3.63, 3.8) is 0 Å². The van der Waals surface area contributed by atoms with E-state index < -0.39 is 0 Å². The Balaban J connectivity index is 3.34. The third-order valence-electron chi connectivity index (χ3n) is 2.19. The van der Waals surface area contributed by atoms with Gasteiger partial charge in [0.15, 0.2) is 5.78 Å². The van der Waals surface area contributed by atoms with Gasteiger partial charge in [0.1, 0.15) is 6.61 Å². The van der Waals surface area contributed by atoms with Gasteiger partial charge in [-0.05, 0) is 12.8 Å². The van der Waals surface area contributed by atoms with Crippen LogP contribution in [-0.2, 0) is 19.1 Å². The molecule has 0 saturated carbocycles. The van der Waals surface area contributed by atoms with Crippen molar-refractivity contribution in [2.75, 3.05) is 33.0 Å². The molecule has 0 aliphatic carbocycles. The van der Waals surface area contributed by atoms with Crippen LogP contribution in [0.15, 0.2) is 0 Å². The Kier molecular flexibility index (Phi) is 11.9. The summed E-state index contributed by atoms with van der Waals surface area (Å²) in [6.07, 6.45) is 2.37. The molecule has 0 rings (SSSR count). The van der Waals surface area contributed by atoms with E-state index >= 15 is 0 Å². The fraction of sp³-hybridized carbons (Fsp3) is 0.846. The van der Waals surface area contributed by atoms with E-state index in [1.807, 2.05) is 13.8 Å². The molecule has 0 aromatic rings. The number of ether oxygens (including phenoxy) is 2. The maximum atomic E-state index is 11.4. The van der Waals surface area contributed by atoms with Crippen LogP contribution >= 0.6 is 0 Å². The van der Waals surface area contributed by atoms with Crippen molar-refractivity contribution < 1.29 is 19.1 Å². The van der Waals surface area contributed by atoms with Gasteiger partial charge in [-0.15, -0.1) is 0 Å². The Bertz CT molecular complexity index is 231. The second-order valence-corrected chi connectivity index (χ2v) is 4.05. The molecule has 0 aliphatic heterocycles. The molecule has 18 heavy (non-hydrogen) atoms. The maximum Gasteiger partial charge on any atom is 0.220 e. The van der Waals surface area contributed by atoms with Crippen LogP contribution in [0.2, 0.25) is 0 Å². The van der Waals surface area contributed by atoms with Gasteiger partial charge in [-0.2, -0.15) is 0 Å². The highest BCUT2D eigenvalue weighted by molar-refractivity contribution is 5.85. The number of carbonyl (C=O) groups is 2. The van der Waals surface area contributed by atoms with Crippen LogP contribution in [0.3, 0.4) is 0 Å². The Morgan fingerprint density at radius 1 is 0.944 bits per heavy atom. The van der Waals surface area contributed by atoms with E-state index in [-0.39, 0.29) is 31.1 Å². The molecule has 0 aromatic carbocycles. The number of Topliss-reactive ketones (excluding diaryl/α,β-unsaturated/α-hetero) is 1. The van der Waals surface area contributed by atoms with Crippen molar-refractivity contribution in [2.24, 2.45) is 0 Å². The van der Waals surface area contributed by atoms with Crippen LogP contribution < -0.4 is 5.32 Å². The highest BCUT2D eigenvalue weighted by atomic mass is 16.5. The number of nitrogens with one attached hydrogen (secondary N) is 1. The molecule has 5 nitrogen and oxygen atoms in total. The maximum absolute atomic E-state index is 11.4. The van der Waals surface area contributed by atoms with E-state index in [4.69, 9.17) is 9.47 Å². The van der Waals surface area contributed by atoms with Gasteiger partial charge < -0.3 is 14.8 Å². The SMILES string of the molecule is CCCNC(=O)CCC(=O)COCCOCCC. The van der Waals surface area contributed by atoms with E-state index in [1.54, 1.807) is 0 Å². The number of hydrogen-bond acceptors (Lipinski definition) is 4. The zero-order valence-corrected chi connectivity index (χ0v) is 11.5. The second-order valence-electron chi connectivity index (χ2n) is 4.05. The molecule has 106 valence electrons. The average Bonchev–Trinajstić information content (AvgIpc) is 2.38. The van der Waals surface area contributed by atoms with E-state index in [9.17, 15) is 9.59 Å². The first-order valence-electron chi connectivity index (χ1n) is 6.64. The van der Waals surface area contributed by atoms with Crippen LogP contribution in [0.5, 0.6) is 0 Å². The first-order chi connectivity index (χ1) is 8.70. The normalized spacial score (nSPS) is 10.3. The lowest BCUT2D eigenvalue weighted by Crippen LogP contribution is -2.25. The summed E-state index contributed by atoms with van der Waals surface area (Å²) in [7, 11) is 0. The predicted molar refractivity (Wildman–Crippen MR) is 69.5 cm³/mol. The van der Waals surface area contributed by atoms with Gasteiger partial charge in [0, 0.05) is 26.0 Å². The largest absolute Gasteiger partial charge is 0.379 e. The minimum atomic E-state index is -0.0727. The number of ketones is 1. The second kappa shape index (κ2) is 12.5. The third kappa shape index (κ3) is 11.5. The molecular weight excluding hydrogens is 234 g/mol. The van der Waals surface area contributed by atoms with Crippen molar-refractivity contribution in [3.05, 3.63) is 0 Å². The smallest absolute Gasteiger partial charge is 0.220 e. The summed E-state index contributed by atoms with van der Waals surface area (Å²) in [5.41, 5.74) is 0. The summed E-state index contributed by atoms with van der Waals surface area (Å²) in [6, 6.07) is 0. The molecule has 0 bridgehead atoms. The van der Waals surface area contributed by atoms with E-state index in [0.717, 1.165) is 19.4 Å². The molecule has 5 heteroatoms. The van der Waals surface area contributed by atoms with Gasteiger partial charge in [0.2, 0.25) is 5.91 Å². The number of amides is 1. The van der Waals surface area contributed by atoms with Crippen molar-refractivity contribution in [1.29, 1.82) is 0 Å². The lowest BCUT2D eigenvalue weighted by Gasteiger charge is -2.05. The Morgan fingerprint density at radius 3 is 2.33 bits per heavy atom. The van der Waals surface area contributed by atoms with Gasteiger partial charge in [0.25, 0.3) is 0 Å². The molecule has 0 unspecified atom stereocenters. The summed E-state index contributed by atoms with van der Waals surface area (Å²) < 4.78 is 10.4. The highest BCUT2D eigenvalue weighted by Gasteiger charge is 2.06. The number of carbonyl (C=O) groups excluding carboxylic acids is 2. The average molecular weight is 259 g/mol. The number of rotatable bonds is 12. The van der Waals surface area contributed by atoms with Crippen LogP contribution in [-0.4, -0.2) is 44.7 Å². The van der Waals surface area contributed by atoms with Crippen LogP contribution in [0.1, 0.15) is 39.5 Å². The van der Waals surface area contributed by atoms with E-state index in [0.29, 0.717) is 19.8 Å². The fourth-order valence-electron chi connectivity index (χ4n) is 1.23. The van der Waals surface area contributed by atoms with Gasteiger partial charge in [0.05, 0.1) is 13.2 Å². The highest BCUT2D eigenvalue weighted by Crippen LogP contribution is 1.93. The van der Waals surface area contributed by atoms with Crippen LogP contribution in [0.4, 0.5) is 0 Å². The zero-order chi connectivity index (χ0) is 13.6. The fourth-order valence-corrected chi connectivity index (χ4v) is 1.23. The minimum absolute atomic E-state index is 0.0443. The van der Waals surface area contributed by atoms with Gasteiger partial charge >= 0.3 is 0 Å². The van der Waals surface area contributed by atoms with Gasteiger partial charge in [-0.1, -0.05) is 13.8 Å². The molecule has 0 aromatic heterocycles. The van der Waals surface area contributed by atoms with Crippen LogP contribution in [0.25, 0.3) is 0 Å². The Labute approximate surface area is 109 Å². The molecule has 1 N–H and O–H groups in total. The zero-order valence-electron chi connectivity index (χ0n) is 11.5. The molecule has 1 amide bonds. The molecule has 0 spiro atoms. The van der Waals surface area contributed by atoms with Crippen molar-refractivity contribution >= 4 is 11.7 Å². The van der Waals surface area contributed by atoms with E-state index in [2.05, 4.69) is 5.32 Å². The number of hydrogen-bond donors (Lipinski definition) is 1. The molecular formula is C13H25NO4. The first kappa shape index (κ1) is 17.1. The van der Waals surface area contributed by atoms with E-state index in [1.165, 1.54) is 0 Å². The lowest BCUT2D eigenvalue weighted by molar-refractivity contribution is -0.128. The standard InChI is InChI=1S/C13H25NO4/c1-3-7-14-13(16)6-5-12(15)11-18-10-9-17-8-4-2/h3-11H2,1-2H3,(H,14,16). The summed E-state index contributed by atoms with van der Waals surface area (Å²) in [6.45, 7) is 6.41. The predicted octanol–water partition coefficient (Wildman–Crippen LogP) is 1.31. The van der Waals surface area contributed by atoms with Crippen molar-refractivity contribution in [3.8, 4) is 0 Å². The molecule has 0 atom stereocenters. The minimum Gasteiger partial charge on any atom is -0.379 e. The summed E-state index contributed by atoms with van der Waals surface area (Å²) in [5, 5.41) is 2.73. The molecule has 0 radical (unpaired) electrons. The summed E-state index contributed by atoms with van der Waals surface area (Å²) >= 11 is 0. The first-order valence-corrected chi connectivity index (χ1v) is 6.64. The van der Waals surface area contributed by atoms with Gasteiger partial charge in [-0.3, -0.25) is 9.59 Å². The van der Waals surface area contributed by atoms with Gasteiger partial charge in [-0.25, -0.2) is 0 Å². The molecule has 0 heterocycles. The van der Waals surface area contributed by atoms with Crippen molar-refractivity contribution in [1.82, 2.24) is 5.32 Å². The monoisotopic (exact) mass is 259 g/mol. The van der Waals surface area contributed by atoms with Crippen LogP contribution in [0, 0.1) is 0 Å². The quantitative estimate of drug-likeness (QED) is 0.537. The third-order valence-corrected chi connectivity index (χ3v) is 2.19. The topological polar surface area (TPSA) is 64.6 Å². The summed E-state index contributed by atoms with van der Waals surface area (Å²) in [5.74, 6) is -0.117.